The number of benzene rings is 4. The van der Waals surface area contributed by atoms with E-state index in [1.807, 2.05) is 0 Å². The highest BCUT2D eigenvalue weighted by Gasteiger charge is 2.40. The van der Waals surface area contributed by atoms with Crippen molar-refractivity contribution < 1.29 is 87.2 Å². The van der Waals surface area contributed by atoms with E-state index in [1.54, 1.807) is 70.2 Å². The van der Waals surface area contributed by atoms with Crippen LogP contribution in [0.4, 0.5) is 0 Å². The highest BCUT2D eigenvalue weighted by molar-refractivity contribution is 6.02. The molecule has 43 heteroatoms. The Balaban J connectivity index is 1.64. The lowest BCUT2D eigenvalue weighted by Gasteiger charge is -2.31. The highest BCUT2D eigenvalue weighted by Crippen LogP contribution is 2.19. The average molecular weight is 1730 g/mol. The molecule has 0 spiro atoms. The Kier molecular flexibility index (Phi) is 43.4. The van der Waals surface area contributed by atoms with Crippen LogP contribution in [0.15, 0.2) is 103 Å². The predicted molar refractivity (Wildman–Crippen MR) is 456 cm³/mol. The highest BCUT2D eigenvalue weighted by atomic mass is 16.3. The number of aliphatic hydroxyl groups is 1. The number of carbonyl (C=O) groups excluding carboxylic acids is 15. The Morgan fingerprint density at radius 3 is 1.09 bits per heavy atom. The van der Waals surface area contributed by atoms with Gasteiger partial charge in [-0.25, -0.2) is 0 Å². The zero-order valence-electron chi connectivity index (χ0n) is 70.2. The zero-order chi connectivity index (χ0) is 92.4. The molecule has 124 heavy (non-hydrogen) atoms. The van der Waals surface area contributed by atoms with Gasteiger partial charge in [0.25, 0.3) is 5.91 Å². The molecule has 35 N–H and O–H groups in total. The van der Waals surface area contributed by atoms with Crippen LogP contribution < -0.4 is 120 Å². The second kappa shape index (κ2) is 52.4. The lowest BCUT2D eigenvalue weighted by molar-refractivity contribution is -0.138. The number of aromatic hydroxyl groups is 2. The molecular formula is C81H121N25O18. The summed E-state index contributed by atoms with van der Waals surface area (Å²) in [5.41, 5.74) is 41.3. The van der Waals surface area contributed by atoms with Crippen molar-refractivity contribution in [3.8, 4) is 11.5 Å². The van der Waals surface area contributed by atoms with E-state index in [0.29, 0.717) is 16.7 Å². The summed E-state index contributed by atoms with van der Waals surface area (Å²) in [6, 6.07) is 6.51. The van der Waals surface area contributed by atoms with Crippen molar-refractivity contribution in [2.24, 2.45) is 52.0 Å². The fourth-order valence-corrected chi connectivity index (χ4v) is 12.5. The van der Waals surface area contributed by atoms with Crippen LogP contribution in [-0.2, 0) is 92.9 Å². The van der Waals surface area contributed by atoms with Crippen LogP contribution in [0.3, 0.4) is 0 Å². The Hall–Kier alpha value is -13.7. The minimum absolute atomic E-state index is 0.00338. The summed E-state index contributed by atoms with van der Waals surface area (Å²) in [7, 11) is 0. The molecule has 0 aliphatic heterocycles. The number of carbonyl (C=O) groups is 15. The molecule has 0 saturated carbocycles. The van der Waals surface area contributed by atoms with Gasteiger partial charge < -0.3 is 135 Å². The van der Waals surface area contributed by atoms with Gasteiger partial charge in [-0.05, 0) is 129 Å². The molecule has 4 aromatic carbocycles. The first kappa shape index (κ1) is 103. The summed E-state index contributed by atoms with van der Waals surface area (Å²) in [4.78, 5) is 211. The van der Waals surface area contributed by atoms with Crippen LogP contribution in [-0.4, -0.2) is 220 Å². The fourth-order valence-electron chi connectivity index (χ4n) is 12.5. The maximum Gasteiger partial charge on any atom is 0.251 e. The third kappa shape index (κ3) is 36.7. The van der Waals surface area contributed by atoms with Gasteiger partial charge in [0.1, 0.15) is 84.0 Å². The third-order valence-electron chi connectivity index (χ3n) is 20.0. The Morgan fingerprint density at radius 1 is 0.355 bits per heavy atom. The number of phenolic OH excluding ortho intramolecular Hbond substituents is 2. The van der Waals surface area contributed by atoms with Crippen molar-refractivity contribution in [2.45, 2.75) is 217 Å². The van der Waals surface area contributed by atoms with Gasteiger partial charge in [-0.3, -0.25) is 88.1 Å². The molecular weight excluding hydrogens is 1610 g/mol. The number of rotatable bonds is 54. The maximum absolute atomic E-state index is 15.0. The fraction of sp³-hybridized carbons (Fsp3) is 0.481. The van der Waals surface area contributed by atoms with Crippen LogP contribution in [0.5, 0.6) is 11.5 Å². The van der Waals surface area contributed by atoms with Crippen LogP contribution in [0.1, 0.15) is 145 Å². The van der Waals surface area contributed by atoms with E-state index in [-0.39, 0.29) is 120 Å². The van der Waals surface area contributed by atoms with Gasteiger partial charge in [0.15, 0.2) is 17.9 Å². The maximum atomic E-state index is 15.0. The van der Waals surface area contributed by atoms with Crippen molar-refractivity contribution in [1.29, 1.82) is 16.2 Å². The van der Waals surface area contributed by atoms with Gasteiger partial charge in [0, 0.05) is 57.4 Å². The molecule has 0 aromatic heterocycles. The number of aliphatic hydroxyl groups excluding tert-OH is 1. The van der Waals surface area contributed by atoms with Gasteiger partial charge in [0.05, 0.1) is 12.5 Å². The minimum Gasteiger partial charge on any atom is -0.508 e. The molecule has 4 aromatic rings. The zero-order valence-corrected chi connectivity index (χ0v) is 70.2. The molecule has 43 nitrogen and oxygen atoms in total. The molecule has 0 radical (unpaired) electrons. The van der Waals surface area contributed by atoms with Gasteiger partial charge in [-0.15, -0.1) is 0 Å². The second-order valence-electron chi connectivity index (χ2n) is 30.0. The normalized spacial score (nSPS) is 14.6. The minimum atomic E-state index is -1.95. The monoisotopic (exact) mass is 1730 g/mol. The lowest BCUT2D eigenvalue weighted by atomic mass is 9.96. The van der Waals surface area contributed by atoms with Crippen LogP contribution in [0.2, 0.25) is 0 Å². The van der Waals surface area contributed by atoms with Crippen molar-refractivity contribution in [3.05, 3.63) is 131 Å². The molecule has 0 heterocycles. The summed E-state index contributed by atoms with van der Waals surface area (Å²) < 4.78 is 0. The van der Waals surface area contributed by atoms with Gasteiger partial charge in [0.2, 0.25) is 82.7 Å². The molecule has 15 amide bonds. The van der Waals surface area contributed by atoms with E-state index < -0.39 is 210 Å². The first-order valence-electron chi connectivity index (χ1n) is 40.4. The Labute approximate surface area is 717 Å². The number of phenols is 2. The summed E-state index contributed by atoms with van der Waals surface area (Å²) in [5.74, 6) is -18.1. The SMILES string of the molecule is CC[C@H](C)[C@H](NC(=O)[C@H](Cc1ccc(O)cc1)NC(=O)[C@H](C)NC(=O)[C@H](CCCNC(=N)N)NC(=O)c1ccc(CN)cc1)C(=O)N[C@@H](CC(N)=O)C(=O)N[C@@H](Cc1ccccc1)C(=O)N[C@H](C(=O)N[C@H](C(=O)N[C@@H](CCCNC(=N)N)C(=O)N[C@@H](CCC(N)=O)C(=O)N[C@@H](CCCNC(=N)N)C(=O)N[C@@H](Cc1ccc(O)cc1)C(N)=O)[C@@H](C)O)[C@@H](C)CC. The summed E-state index contributed by atoms with van der Waals surface area (Å²) in [6.45, 7) is 9.17. The number of hydrogen-bond acceptors (Lipinski definition) is 22. The van der Waals surface area contributed by atoms with Gasteiger partial charge in [-0.2, -0.15) is 0 Å². The molecule has 15 atom stereocenters. The number of hydrogen-bond donors (Lipinski definition) is 28. The molecule has 0 aliphatic rings. The molecule has 0 fully saturated rings. The van der Waals surface area contributed by atoms with E-state index in [1.165, 1.54) is 67.6 Å². The molecule has 0 saturated heterocycles. The van der Waals surface area contributed by atoms with Crippen molar-refractivity contribution in [2.75, 3.05) is 19.6 Å². The van der Waals surface area contributed by atoms with E-state index in [2.05, 4.69) is 79.8 Å². The van der Waals surface area contributed by atoms with Crippen LogP contribution in [0.25, 0.3) is 0 Å². The quantitative estimate of drug-likeness (QED) is 0.0111. The van der Waals surface area contributed by atoms with E-state index in [9.17, 15) is 87.2 Å². The average Bonchev–Trinajstić information content (AvgIpc) is 0.834. The Bertz CT molecular complexity index is 4320. The number of amides is 15. The van der Waals surface area contributed by atoms with E-state index in [4.69, 9.17) is 56.4 Å². The van der Waals surface area contributed by atoms with E-state index >= 15 is 0 Å². The van der Waals surface area contributed by atoms with Gasteiger partial charge in [-0.1, -0.05) is 107 Å². The standard InChI is InChI=1S/C81H121N25O18/c1-7-42(3)63(104-74(120)58(39-48-24-30-52(109)31-25-48)101-67(113)44(5)95-69(115)53(17-12-34-92-79(86)87)96-68(114)50-26-20-49(41-82)21-27-50)76(122)103-60(40-62(84)111)73(119)102-59(38-46-15-10-9-11-16-46)75(121)105-64(43(4)8-2)77(123)106-65(45(6)107)78(124)99-55(19-14-36-94-81(90)91)70(116)98-56(32-33-61(83)110)72(118)97-54(18-13-35-93-80(88)89)71(117)100-57(66(85)112)37-47-22-28-51(108)29-23-47/h9-11,15-16,20-31,42-45,53-60,63-65,107-109H,7-8,12-14,17-19,32-41,82H2,1-6H3,(H2,83,110)(H2,84,111)(H2,85,112)(H,95,115)(H,96,114)(H,97,118)(H,98,116)(H,99,124)(H,100,117)(H,101,113)(H,102,119)(H,103,122)(H,104,120)(H,105,121)(H,106,123)(H4,86,87,92)(H4,88,89,93)(H4,90,91,94)/t42-,43-,44-,45+,53-,54-,55-,56-,57-,58-,59-,60-,63-,64-,65-/m0/s1. The number of primary amides is 3. The molecule has 4 rings (SSSR count). The largest absolute Gasteiger partial charge is 0.508 e. The topological polar surface area (TPSA) is 751 Å². The lowest BCUT2D eigenvalue weighted by Crippen LogP contribution is -2.63. The molecule has 0 unspecified atom stereocenters. The smallest absolute Gasteiger partial charge is 0.251 e. The number of nitrogens with one attached hydrogen (secondary N) is 18. The third-order valence-corrected chi connectivity index (χ3v) is 20.0. The van der Waals surface area contributed by atoms with E-state index in [0.717, 1.165) is 12.5 Å². The summed E-state index contributed by atoms with van der Waals surface area (Å²) in [5, 5.41) is 92.3. The Morgan fingerprint density at radius 2 is 0.685 bits per heavy atom. The van der Waals surface area contributed by atoms with Gasteiger partial charge >= 0.3 is 0 Å². The number of guanidine groups is 3. The first-order chi connectivity index (χ1) is 58.6. The first-order valence-corrected chi connectivity index (χ1v) is 40.4. The van der Waals surface area contributed by atoms with Crippen molar-refractivity contribution >= 4 is 106 Å². The summed E-state index contributed by atoms with van der Waals surface area (Å²) >= 11 is 0. The molecule has 0 bridgehead atoms. The number of nitrogens with two attached hydrogens (primary N) is 7. The summed E-state index contributed by atoms with van der Waals surface area (Å²) in [6.07, 6.45) is -4.38. The van der Waals surface area contributed by atoms with Crippen LogP contribution in [0, 0.1) is 28.1 Å². The van der Waals surface area contributed by atoms with Crippen LogP contribution >= 0.6 is 0 Å². The predicted octanol–water partition coefficient (Wildman–Crippen LogP) is -5.38. The molecule has 0 aliphatic carbocycles. The second-order valence-corrected chi connectivity index (χ2v) is 30.0. The van der Waals surface area contributed by atoms with Crippen molar-refractivity contribution in [1.82, 2.24) is 79.8 Å². The molecule has 678 valence electrons. The van der Waals surface area contributed by atoms with Crippen molar-refractivity contribution in [3.63, 3.8) is 0 Å².